The number of furan rings is 1. The molecule has 0 radical (unpaired) electrons. The summed E-state index contributed by atoms with van der Waals surface area (Å²) in [6.45, 7) is 5.17. The Morgan fingerprint density at radius 1 is 1.20 bits per heavy atom. The highest BCUT2D eigenvalue weighted by Crippen LogP contribution is 2.27. The van der Waals surface area contributed by atoms with Crippen molar-refractivity contribution in [3.63, 3.8) is 0 Å². The molecule has 0 spiro atoms. The molecule has 1 heterocycles. The minimum Gasteiger partial charge on any atom is -0.469 e. The molecule has 0 aliphatic heterocycles. The van der Waals surface area contributed by atoms with Gasteiger partial charge in [-0.2, -0.15) is 0 Å². The van der Waals surface area contributed by atoms with Crippen LogP contribution in [0.15, 0.2) is 34.9 Å². The van der Waals surface area contributed by atoms with Crippen LogP contribution < -0.4 is 5.32 Å². The van der Waals surface area contributed by atoms with Gasteiger partial charge in [-0.05, 0) is 61.9 Å². The van der Waals surface area contributed by atoms with Gasteiger partial charge in [-0.3, -0.25) is 0 Å². The van der Waals surface area contributed by atoms with Gasteiger partial charge in [0.1, 0.15) is 5.76 Å². The second-order valence-electron chi connectivity index (χ2n) is 5.70. The molecule has 0 saturated carbocycles. The summed E-state index contributed by atoms with van der Waals surface area (Å²) < 4.78 is 5.46. The number of rotatable bonds is 5. The average molecular weight is 269 g/mol. The van der Waals surface area contributed by atoms with Gasteiger partial charge < -0.3 is 9.73 Å². The summed E-state index contributed by atoms with van der Waals surface area (Å²) in [5, 5.41) is 3.58. The number of nitrogens with one attached hydrogen (secondary N) is 1. The molecular weight excluding hydrogens is 246 g/mol. The predicted octanol–water partition coefficient (Wildman–Crippen LogP) is 3.97. The molecule has 1 unspecified atom stereocenters. The van der Waals surface area contributed by atoms with E-state index in [4.69, 9.17) is 4.42 Å². The molecule has 1 aromatic carbocycles. The fourth-order valence-corrected chi connectivity index (χ4v) is 3.28. The van der Waals surface area contributed by atoms with Gasteiger partial charge in [-0.15, -0.1) is 0 Å². The SMILES string of the molecule is CCNC(Cc1ccc2c(c1)CCC2)c1ccoc1C. The Labute approximate surface area is 121 Å². The van der Waals surface area contributed by atoms with E-state index in [0.29, 0.717) is 6.04 Å². The fourth-order valence-electron chi connectivity index (χ4n) is 3.28. The first-order valence-corrected chi connectivity index (χ1v) is 7.66. The van der Waals surface area contributed by atoms with Crippen LogP contribution in [-0.4, -0.2) is 6.54 Å². The maximum Gasteiger partial charge on any atom is 0.105 e. The number of aryl methyl sites for hydroxylation is 3. The summed E-state index contributed by atoms with van der Waals surface area (Å²) >= 11 is 0. The Balaban J connectivity index is 1.81. The zero-order chi connectivity index (χ0) is 13.9. The van der Waals surface area contributed by atoms with Gasteiger partial charge >= 0.3 is 0 Å². The molecule has 1 atom stereocenters. The molecular formula is C18H23NO. The summed E-state index contributed by atoms with van der Waals surface area (Å²) in [6.07, 6.45) is 6.64. The lowest BCUT2D eigenvalue weighted by Crippen LogP contribution is -2.23. The quantitative estimate of drug-likeness (QED) is 0.888. The lowest BCUT2D eigenvalue weighted by Gasteiger charge is -2.18. The number of likely N-dealkylation sites (N-methyl/N-ethyl adjacent to an activating group) is 1. The van der Waals surface area contributed by atoms with Crippen LogP contribution in [0.4, 0.5) is 0 Å². The predicted molar refractivity (Wildman–Crippen MR) is 82.0 cm³/mol. The summed E-state index contributed by atoms with van der Waals surface area (Å²) in [6, 6.07) is 9.46. The van der Waals surface area contributed by atoms with Crippen LogP contribution in [0.3, 0.4) is 0 Å². The van der Waals surface area contributed by atoms with Crippen molar-refractivity contribution in [2.24, 2.45) is 0 Å². The van der Waals surface area contributed by atoms with E-state index >= 15 is 0 Å². The van der Waals surface area contributed by atoms with Crippen LogP contribution in [0.1, 0.15) is 47.4 Å². The molecule has 20 heavy (non-hydrogen) atoms. The molecule has 0 saturated heterocycles. The monoisotopic (exact) mass is 269 g/mol. The third kappa shape index (κ3) is 2.66. The van der Waals surface area contributed by atoms with Crippen molar-refractivity contribution in [3.8, 4) is 0 Å². The number of fused-ring (bicyclic) bond motifs is 1. The maximum absolute atomic E-state index is 5.46. The smallest absolute Gasteiger partial charge is 0.105 e. The van der Waals surface area contributed by atoms with Gasteiger partial charge in [0.25, 0.3) is 0 Å². The molecule has 2 heteroatoms. The van der Waals surface area contributed by atoms with Gasteiger partial charge in [-0.25, -0.2) is 0 Å². The molecule has 1 aliphatic rings. The zero-order valence-electron chi connectivity index (χ0n) is 12.4. The van der Waals surface area contributed by atoms with E-state index in [-0.39, 0.29) is 0 Å². The van der Waals surface area contributed by atoms with Crippen molar-refractivity contribution in [3.05, 3.63) is 58.5 Å². The van der Waals surface area contributed by atoms with E-state index in [2.05, 4.69) is 36.5 Å². The molecule has 3 rings (SSSR count). The minimum atomic E-state index is 0.346. The highest BCUT2D eigenvalue weighted by molar-refractivity contribution is 5.36. The highest BCUT2D eigenvalue weighted by atomic mass is 16.3. The molecule has 0 fully saturated rings. The molecule has 1 aliphatic carbocycles. The van der Waals surface area contributed by atoms with Crippen molar-refractivity contribution in [2.75, 3.05) is 6.54 Å². The maximum atomic E-state index is 5.46. The van der Waals surface area contributed by atoms with Crippen molar-refractivity contribution in [1.29, 1.82) is 0 Å². The molecule has 1 N–H and O–H groups in total. The summed E-state index contributed by atoms with van der Waals surface area (Å²) in [5.74, 6) is 1.03. The summed E-state index contributed by atoms with van der Waals surface area (Å²) in [4.78, 5) is 0. The largest absolute Gasteiger partial charge is 0.469 e. The third-order valence-electron chi connectivity index (χ3n) is 4.33. The van der Waals surface area contributed by atoms with E-state index in [9.17, 15) is 0 Å². The van der Waals surface area contributed by atoms with Gasteiger partial charge in [-0.1, -0.05) is 25.1 Å². The first-order valence-electron chi connectivity index (χ1n) is 7.66. The molecule has 0 amide bonds. The Morgan fingerprint density at radius 2 is 2.05 bits per heavy atom. The number of hydrogen-bond acceptors (Lipinski definition) is 2. The van der Waals surface area contributed by atoms with Crippen molar-refractivity contribution in [1.82, 2.24) is 5.32 Å². The van der Waals surface area contributed by atoms with Crippen molar-refractivity contribution in [2.45, 2.75) is 45.6 Å². The second kappa shape index (κ2) is 5.84. The van der Waals surface area contributed by atoms with E-state index in [0.717, 1.165) is 18.7 Å². The second-order valence-corrected chi connectivity index (χ2v) is 5.70. The Hall–Kier alpha value is -1.54. The average Bonchev–Trinajstić information content (AvgIpc) is 3.06. The summed E-state index contributed by atoms with van der Waals surface area (Å²) in [7, 11) is 0. The lowest BCUT2D eigenvalue weighted by molar-refractivity contribution is 0.501. The third-order valence-corrected chi connectivity index (χ3v) is 4.33. The first-order chi connectivity index (χ1) is 9.78. The van der Waals surface area contributed by atoms with E-state index in [1.165, 1.54) is 30.4 Å². The molecule has 1 aromatic heterocycles. The Bertz CT molecular complexity index is 585. The van der Waals surface area contributed by atoms with Gasteiger partial charge in [0.2, 0.25) is 0 Å². The number of hydrogen-bond donors (Lipinski definition) is 1. The van der Waals surface area contributed by atoms with Gasteiger partial charge in [0, 0.05) is 11.6 Å². The van der Waals surface area contributed by atoms with Gasteiger partial charge in [0.05, 0.1) is 6.26 Å². The molecule has 106 valence electrons. The normalized spacial score (nSPS) is 15.3. The Kier molecular flexibility index (Phi) is 3.93. The highest BCUT2D eigenvalue weighted by Gasteiger charge is 2.17. The lowest BCUT2D eigenvalue weighted by atomic mass is 9.97. The topological polar surface area (TPSA) is 25.2 Å². The van der Waals surface area contributed by atoms with Gasteiger partial charge in [0.15, 0.2) is 0 Å². The van der Waals surface area contributed by atoms with Crippen LogP contribution in [0.25, 0.3) is 0 Å². The fraction of sp³-hybridized carbons (Fsp3) is 0.444. The molecule has 2 aromatic rings. The van der Waals surface area contributed by atoms with E-state index < -0.39 is 0 Å². The minimum absolute atomic E-state index is 0.346. The van der Waals surface area contributed by atoms with Crippen LogP contribution in [-0.2, 0) is 19.3 Å². The van der Waals surface area contributed by atoms with E-state index in [1.54, 1.807) is 17.4 Å². The van der Waals surface area contributed by atoms with Crippen molar-refractivity contribution >= 4 is 0 Å². The first kappa shape index (κ1) is 13.4. The van der Waals surface area contributed by atoms with Crippen LogP contribution >= 0.6 is 0 Å². The summed E-state index contributed by atoms with van der Waals surface area (Å²) in [5.41, 5.74) is 5.82. The Morgan fingerprint density at radius 3 is 2.80 bits per heavy atom. The van der Waals surface area contributed by atoms with Crippen LogP contribution in [0, 0.1) is 6.92 Å². The molecule has 2 nitrogen and oxygen atoms in total. The standard InChI is InChI=1S/C18H23NO/c1-3-19-18(17-9-10-20-13(17)2)12-14-7-8-15-5-4-6-16(15)11-14/h7-11,18-19H,3-6,12H2,1-2H3. The number of benzene rings is 1. The zero-order valence-corrected chi connectivity index (χ0v) is 12.4. The van der Waals surface area contributed by atoms with Crippen LogP contribution in [0.2, 0.25) is 0 Å². The van der Waals surface area contributed by atoms with Crippen LogP contribution in [0.5, 0.6) is 0 Å². The van der Waals surface area contributed by atoms with Crippen molar-refractivity contribution < 1.29 is 4.42 Å². The molecule has 0 bridgehead atoms. The van der Waals surface area contributed by atoms with E-state index in [1.807, 2.05) is 6.92 Å².